The van der Waals surface area contributed by atoms with Gasteiger partial charge in [-0.05, 0) is 54.4 Å². The zero-order valence-corrected chi connectivity index (χ0v) is 19.6. The molecule has 1 aliphatic heterocycles. The van der Waals surface area contributed by atoms with Gasteiger partial charge in [0.1, 0.15) is 11.6 Å². The van der Waals surface area contributed by atoms with Crippen molar-refractivity contribution < 1.29 is 14.6 Å². The second-order valence-corrected chi connectivity index (χ2v) is 8.92. The minimum Gasteiger partial charge on any atom is -0.507 e. The molecule has 2 atom stereocenters. The quantitative estimate of drug-likeness (QED) is 0.226. The number of anilines is 2. The van der Waals surface area contributed by atoms with Crippen LogP contribution in [0.25, 0.3) is 22.4 Å². The molecule has 6 nitrogen and oxygen atoms in total. The van der Waals surface area contributed by atoms with Crippen molar-refractivity contribution >= 4 is 23.0 Å². The van der Waals surface area contributed by atoms with E-state index in [1.165, 1.54) is 12.1 Å². The molecule has 178 valence electrons. The van der Waals surface area contributed by atoms with E-state index in [0.29, 0.717) is 38.8 Å². The van der Waals surface area contributed by atoms with E-state index in [0.717, 1.165) is 11.1 Å². The Morgan fingerprint density at radius 2 is 1.86 bits per heavy atom. The predicted molar refractivity (Wildman–Crippen MR) is 137 cm³/mol. The van der Waals surface area contributed by atoms with Crippen molar-refractivity contribution in [2.45, 2.75) is 19.0 Å². The number of hydrogen-bond donors (Lipinski definition) is 5. The minimum atomic E-state index is -0.435. The van der Waals surface area contributed by atoms with E-state index < -0.39 is 5.82 Å². The summed E-state index contributed by atoms with van der Waals surface area (Å²) in [5, 5.41) is 24.3. The van der Waals surface area contributed by atoms with Crippen LogP contribution in [0.1, 0.15) is 30.1 Å². The Morgan fingerprint density at radius 3 is 2.63 bits per heavy atom. The number of fused-ring (bicyclic) bond motifs is 1. The number of phenolic OH excluding ortho intramolecular Hbond substituents is 1. The predicted octanol–water partition coefficient (Wildman–Crippen LogP) is 6.05. The summed E-state index contributed by atoms with van der Waals surface area (Å²) in [6.07, 6.45) is 1.60. The van der Waals surface area contributed by atoms with Gasteiger partial charge in [-0.2, -0.15) is 0 Å². The number of nitrogens with one attached hydrogen (secondary N) is 3. The number of benzene rings is 3. The number of aromatic hydroxyl groups is 1. The van der Waals surface area contributed by atoms with Crippen LogP contribution in [-0.4, -0.2) is 21.8 Å². The van der Waals surface area contributed by atoms with Crippen molar-refractivity contribution in [3.63, 3.8) is 0 Å². The summed E-state index contributed by atoms with van der Waals surface area (Å²) in [6, 6.07) is 18.8. The number of aromatic nitrogens is 1. The maximum absolute atomic E-state index is 15.4. The number of hydrogen-bond acceptors (Lipinski definition) is 6. The number of nitrogens with zero attached hydrogens (tertiary/aromatic N) is 1. The normalized spacial score (nSPS) is 15.4. The molecule has 1 aliphatic rings. The number of aliphatic hydroxyl groups is 1. The Morgan fingerprint density at radius 1 is 1.06 bits per heavy atom. The van der Waals surface area contributed by atoms with Crippen molar-refractivity contribution in [2.75, 3.05) is 17.3 Å². The third-order valence-electron chi connectivity index (χ3n) is 6.15. The first-order valence-electron chi connectivity index (χ1n) is 11.2. The van der Waals surface area contributed by atoms with E-state index in [-0.39, 0.29) is 24.4 Å². The first-order valence-corrected chi connectivity index (χ1v) is 11.6. The standard InChI is InChI=1S/C27H24ClFN4O2/c1-15-19-11-20(23(29)12-24(19)33-32-15)21-10-18(31-25(14-34)16-5-3-2-4-6-16)13-30-27(21)22-9-17(28)7-8-26(22)35/h2-13,15,25,31-35H,14H2,1H3. The topological polar surface area (TPSA) is 89.4 Å². The highest BCUT2D eigenvalue weighted by Gasteiger charge is 2.24. The molecule has 0 saturated heterocycles. The maximum Gasteiger partial charge on any atom is 0.133 e. The van der Waals surface area contributed by atoms with E-state index in [9.17, 15) is 10.2 Å². The summed E-state index contributed by atoms with van der Waals surface area (Å²) in [7, 11) is 0. The Bertz CT molecular complexity index is 1380. The van der Waals surface area contributed by atoms with E-state index in [2.05, 4.69) is 21.2 Å². The van der Waals surface area contributed by atoms with E-state index >= 15 is 4.39 Å². The van der Waals surface area contributed by atoms with Crippen LogP contribution < -0.4 is 16.2 Å². The monoisotopic (exact) mass is 490 g/mol. The minimum absolute atomic E-state index is 0.0142. The number of rotatable bonds is 6. The first-order chi connectivity index (χ1) is 16.9. The van der Waals surface area contributed by atoms with Gasteiger partial charge in [0.25, 0.3) is 0 Å². The molecule has 5 rings (SSSR count). The molecule has 0 amide bonds. The van der Waals surface area contributed by atoms with E-state index in [4.69, 9.17) is 11.6 Å². The molecule has 2 unspecified atom stereocenters. The lowest BCUT2D eigenvalue weighted by atomic mass is 9.94. The second kappa shape index (κ2) is 9.54. The van der Waals surface area contributed by atoms with Crippen molar-refractivity contribution in [3.05, 3.63) is 94.9 Å². The third kappa shape index (κ3) is 4.53. The zero-order chi connectivity index (χ0) is 24.5. The fourth-order valence-electron chi connectivity index (χ4n) is 4.31. The molecule has 1 aromatic heterocycles. The summed E-state index contributed by atoms with van der Waals surface area (Å²) >= 11 is 6.21. The molecule has 2 heterocycles. The molecule has 3 aromatic carbocycles. The van der Waals surface area contributed by atoms with Gasteiger partial charge < -0.3 is 21.0 Å². The molecule has 0 saturated carbocycles. The molecule has 0 bridgehead atoms. The second-order valence-electron chi connectivity index (χ2n) is 8.48. The molecule has 35 heavy (non-hydrogen) atoms. The van der Waals surface area contributed by atoms with Crippen molar-refractivity contribution in [1.29, 1.82) is 0 Å². The Hall–Kier alpha value is -3.65. The van der Waals surface area contributed by atoms with Gasteiger partial charge in [-0.25, -0.2) is 9.82 Å². The average Bonchev–Trinajstić information content (AvgIpc) is 3.23. The van der Waals surface area contributed by atoms with Crippen LogP contribution in [0.15, 0.2) is 72.9 Å². The molecule has 0 fully saturated rings. The lowest BCUT2D eigenvalue weighted by Crippen LogP contribution is -2.15. The summed E-state index contributed by atoms with van der Waals surface area (Å²) < 4.78 is 15.4. The van der Waals surface area contributed by atoms with Crippen molar-refractivity contribution in [3.8, 4) is 28.1 Å². The molecule has 8 heteroatoms. The highest BCUT2D eigenvalue weighted by atomic mass is 35.5. The number of hydrazine groups is 1. The van der Waals surface area contributed by atoms with Gasteiger partial charge in [-0.3, -0.25) is 4.98 Å². The molecule has 0 aliphatic carbocycles. The zero-order valence-electron chi connectivity index (χ0n) is 18.9. The molecule has 4 aromatic rings. The van der Waals surface area contributed by atoms with E-state index in [1.807, 2.05) is 37.3 Å². The SMILES string of the molecule is CC1NNc2cc(F)c(-c3cc(NC(CO)c4ccccc4)cnc3-c3cc(Cl)ccc3O)cc21. The highest BCUT2D eigenvalue weighted by molar-refractivity contribution is 6.31. The Labute approximate surface area is 207 Å². The van der Waals surface area contributed by atoms with Crippen LogP contribution >= 0.6 is 11.6 Å². The van der Waals surface area contributed by atoms with Gasteiger partial charge in [-0.1, -0.05) is 41.9 Å². The average molecular weight is 491 g/mol. The number of pyridine rings is 1. The third-order valence-corrected chi connectivity index (χ3v) is 6.38. The van der Waals surface area contributed by atoms with Gasteiger partial charge in [0.05, 0.1) is 42.0 Å². The molecule has 0 radical (unpaired) electrons. The van der Waals surface area contributed by atoms with Gasteiger partial charge in [0.2, 0.25) is 0 Å². The number of halogens is 2. The van der Waals surface area contributed by atoms with E-state index in [1.54, 1.807) is 30.5 Å². The van der Waals surface area contributed by atoms with Crippen molar-refractivity contribution in [2.24, 2.45) is 0 Å². The molecular formula is C27H24ClFN4O2. The highest BCUT2D eigenvalue weighted by Crippen LogP contribution is 2.42. The van der Waals surface area contributed by atoms with Crippen LogP contribution in [0.4, 0.5) is 15.8 Å². The fourth-order valence-corrected chi connectivity index (χ4v) is 4.48. The maximum atomic E-state index is 15.4. The lowest BCUT2D eigenvalue weighted by Gasteiger charge is -2.20. The van der Waals surface area contributed by atoms with Crippen LogP contribution in [0.3, 0.4) is 0 Å². The smallest absolute Gasteiger partial charge is 0.133 e. The van der Waals surface area contributed by atoms with Crippen LogP contribution in [0.2, 0.25) is 5.02 Å². The molecule has 0 spiro atoms. The Balaban J connectivity index is 1.66. The lowest BCUT2D eigenvalue weighted by molar-refractivity contribution is 0.276. The number of aliphatic hydroxyl groups excluding tert-OH is 1. The molecular weight excluding hydrogens is 467 g/mol. The van der Waals surface area contributed by atoms with Crippen molar-refractivity contribution in [1.82, 2.24) is 10.4 Å². The van der Waals surface area contributed by atoms with Crippen LogP contribution in [0, 0.1) is 5.82 Å². The summed E-state index contributed by atoms with van der Waals surface area (Å²) in [5.41, 5.74) is 10.8. The van der Waals surface area contributed by atoms with Gasteiger partial charge >= 0.3 is 0 Å². The summed E-state index contributed by atoms with van der Waals surface area (Å²) in [6.45, 7) is 1.84. The summed E-state index contributed by atoms with van der Waals surface area (Å²) in [5.74, 6) is -0.449. The fraction of sp³-hybridized carbons (Fsp3) is 0.148. The first kappa shape index (κ1) is 23.1. The Kier molecular flexibility index (Phi) is 6.30. The molecule has 5 N–H and O–H groups in total. The van der Waals surface area contributed by atoms with Crippen LogP contribution in [-0.2, 0) is 0 Å². The van der Waals surface area contributed by atoms with Gasteiger partial charge in [0, 0.05) is 21.7 Å². The largest absolute Gasteiger partial charge is 0.507 e. The summed E-state index contributed by atoms with van der Waals surface area (Å²) in [4.78, 5) is 4.60. The van der Waals surface area contributed by atoms with Gasteiger partial charge in [0.15, 0.2) is 0 Å². The number of phenols is 1. The van der Waals surface area contributed by atoms with Crippen LogP contribution in [0.5, 0.6) is 5.75 Å². The van der Waals surface area contributed by atoms with Gasteiger partial charge in [-0.15, -0.1) is 0 Å².